The predicted octanol–water partition coefficient (Wildman–Crippen LogP) is 2.62. The summed E-state index contributed by atoms with van der Waals surface area (Å²) in [6.07, 6.45) is 0. The first-order valence-corrected chi connectivity index (χ1v) is 11.2. The molecule has 0 spiro atoms. The van der Waals surface area contributed by atoms with Crippen molar-refractivity contribution in [1.29, 1.82) is 0 Å². The molecule has 1 saturated heterocycles. The van der Waals surface area contributed by atoms with Crippen LogP contribution in [0.2, 0.25) is 0 Å². The number of urea groups is 1. The van der Waals surface area contributed by atoms with E-state index in [-0.39, 0.29) is 12.1 Å². The summed E-state index contributed by atoms with van der Waals surface area (Å²) in [4.78, 5) is 28.4. The summed E-state index contributed by atoms with van der Waals surface area (Å²) in [5.41, 5.74) is 1.66. The minimum atomic E-state index is -1.13. The maximum Gasteiger partial charge on any atom is 0.319 e. The summed E-state index contributed by atoms with van der Waals surface area (Å²) in [7, 11) is 1.85. The molecule has 3 aromatic rings. The number of nitrogens with zero attached hydrogens (tertiary/aromatic N) is 5. The molecule has 10 nitrogen and oxygen atoms in total. The molecule has 1 aliphatic heterocycles. The molecule has 0 bridgehead atoms. The van der Waals surface area contributed by atoms with Gasteiger partial charge >= 0.3 is 6.03 Å². The van der Waals surface area contributed by atoms with Gasteiger partial charge < -0.3 is 29.9 Å². The molecule has 1 atom stereocenters. The third-order valence-corrected chi connectivity index (χ3v) is 5.63. The van der Waals surface area contributed by atoms with Gasteiger partial charge in [-0.2, -0.15) is 0 Å². The Morgan fingerprint density at radius 1 is 1.24 bits per heavy atom. The second kappa shape index (κ2) is 8.95. The van der Waals surface area contributed by atoms with Crippen molar-refractivity contribution in [2.45, 2.75) is 39.3 Å². The first-order valence-electron chi connectivity index (χ1n) is 11.2. The summed E-state index contributed by atoms with van der Waals surface area (Å²) in [6.45, 7) is 9.83. The minimum Gasteiger partial charge on any atom is -0.383 e. The number of aryl methyl sites for hydroxylation is 1. The lowest BCUT2D eigenvalue weighted by Crippen LogP contribution is -2.44. The van der Waals surface area contributed by atoms with E-state index in [0.717, 1.165) is 11.4 Å². The molecule has 1 fully saturated rings. The fourth-order valence-corrected chi connectivity index (χ4v) is 4.00. The summed E-state index contributed by atoms with van der Waals surface area (Å²) in [5, 5.41) is 16.1. The van der Waals surface area contributed by atoms with Crippen molar-refractivity contribution in [2.24, 2.45) is 7.05 Å². The quantitative estimate of drug-likeness (QED) is 0.544. The van der Waals surface area contributed by atoms with Gasteiger partial charge in [-0.25, -0.2) is 19.7 Å². The fraction of sp³-hybridized carbons (Fsp3) is 0.478. The van der Waals surface area contributed by atoms with Crippen molar-refractivity contribution in [3.05, 3.63) is 30.1 Å². The number of carbonyl (C=O) groups excluding carboxylic acids is 1. The Kier molecular flexibility index (Phi) is 6.22. The molecule has 10 heteroatoms. The Hall–Kier alpha value is -3.24. The molecular formula is C23H31N7O3. The van der Waals surface area contributed by atoms with Gasteiger partial charge in [0, 0.05) is 31.4 Å². The number of benzene rings is 1. The zero-order valence-electron chi connectivity index (χ0n) is 19.7. The van der Waals surface area contributed by atoms with Crippen molar-refractivity contribution in [3.8, 4) is 11.4 Å². The number of aromatic nitrogens is 4. The van der Waals surface area contributed by atoms with Gasteiger partial charge in [0.05, 0.1) is 19.3 Å². The molecule has 33 heavy (non-hydrogen) atoms. The second-order valence-electron chi connectivity index (χ2n) is 8.78. The number of hydrogen-bond acceptors (Lipinski definition) is 7. The molecule has 0 radical (unpaired) electrons. The number of anilines is 2. The summed E-state index contributed by atoms with van der Waals surface area (Å²) >= 11 is 0. The monoisotopic (exact) mass is 453 g/mol. The topological polar surface area (TPSA) is 117 Å². The number of fused-ring (bicyclic) bond motifs is 1. The van der Waals surface area contributed by atoms with Gasteiger partial charge in [-0.15, -0.1) is 0 Å². The molecule has 1 aromatic carbocycles. The number of ether oxygens (including phenoxy) is 1. The van der Waals surface area contributed by atoms with Crippen molar-refractivity contribution in [2.75, 3.05) is 36.5 Å². The average Bonchev–Trinajstić information content (AvgIpc) is 3.11. The lowest BCUT2D eigenvalue weighted by molar-refractivity contribution is 0.0663. The first kappa shape index (κ1) is 22.9. The van der Waals surface area contributed by atoms with Crippen LogP contribution < -0.4 is 15.5 Å². The third kappa shape index (κ3) is 4.62. The summed E-state index contributed by atoms with van der Waals surface area (Å²) in [6, 6.07) is 7.27. The van der Waals surface area contributed by atoms with E-state index in [4.69, 9.17) is 19.7 Å². The van der Waals surface area contributed by atoms with Crippen molar-refractivity contribution in [3.63, 3.8) is 0 Å². The fourth-order valence-electron chi connectivity index (χ4n) is 4.00. The molecule has 2 amide bonds. The van der Waals surface area contributed by atoms with E-state index in [0.29, 0.717) is 54.8 Å². The first-order chi connectivity index (χ1) is 15.7. The highest BCUT2D eigenvalue weighted by atomic mass is 16.5. The Bertz CT molecular complexity index is 1150. The molecule has 3 heterocycles. The van der Waals surface area contributed by atoms with Crippen LogP contribution in [-0.2, 0) is 17.4 Å². The maximum atomic E-state index is 11.8. The molecule has 176 valence electrons. The molecule has 2 aromatic heterocycles. The Morgan fingerprint density at radius 3 is 2.61 bits per heavy atom. The van der Waals surface area contributed by atoms with E-state index >= 15 is 0 Å². The third-order valence-electron chi connectivity index (χ3n) is 5.63. The van der Waals surface area contributed by atoms with Crippen LogP contribution >= 0.6 is 0 Å². The van der Waals surface area contributed by atoms with E-state index in [1.165, 1.54) is 0 Å². The molecular weight excluding hydrogens is 422 g/mol. The van der Waals surface area contributed by atoms with Crippen LogP contribution in [0, 0.1) is 0 Å². The van der Waals surface area contributed by atoms with Gasteiger partial charge in [0.15, 0.2) is 22.8 Å². The number of aliphatic hydroxyl groups is 1. The number of amides is 2. The molecule has 4 rings (SSSR count). The smallest absolute Gasteiger partial charge is 0.319 e. The van der Waals surface area contributed by atoms with E-state index in [1.54, 1.807) is 13.8 Å². The van der Waals surface area contributed by atoms with Crippen molar-refractivity contribution in [1.82, 2.24) is 24.8 Å². The lowest BCUT2D eigenvalue weighted by atomic mass is 10.1. The minimum absolute atomic E-state index is 0.126. The normalized spacial score (nSPS) is 16.8. The van der Waals surface area contributed by atoms with E-state index < -0.39 is 5.60 Å². The van der Waals surface area contributed by atoms with E-state index in [9.17, 15) is 9.90 Å². The van der Waals surface area contributed by atoms with Gasteiger partial charge in [-0.1, -0.05) is 0 Å². The number of nitrogens with one attached hydrogen (secondary N) is 2. The largest absolute Gasteiger partial charge is 0.383 e. The number of imidazole rings is 1. The van der Waals surface area contributed by atoms with Gasteiger partial charge in [-0.3, -0.25) is 0 Å². The molecule has 1 aliphatic rings. The Morgan fingerprint density at radius 2 is 1.97 bits per heavy atom. The van der Waals surface area contributed by atoms with Crippen LogP contribution in [0.3, 0.4) is 0 Å². The lowest BCUT2D eigenvalue weighted by Gasteiger charge is -2.34. The zero-order valence-corrected chi connectivity index (χ0v) is 19.7. The van der Waals surface area contributed by atoms with Crippen LogP contribution in [-0.4, -0.2) is 63.0 Å². The highest BCUT2D eigenvalue weighted by Gasteiger charge is 2.29. The SMILES string of the molecule is CCNC(=O)Nc1ccc(-c2nc(N3CCOC[C@@H]3C)c3nc(C(C)(C)O)n(C)c3n2)cc1. The summed E-state index contributed by atoms with van der Waals surface area (Å²) < 4.78 is 7.44. The summed E-state index contributed by atoms with van der Waals surface area (Å²) in [5.74, 6) is 1.79. The van der Waals surface area contributed by atoms with Crippen LogP contribution in [0.25, 0.3) is 22.6 Å². The number of morpholine rings is 1. The number of carbonyl (C=O) groups is 1. The Balaban J connectivity index is 1.80. The Labute approximate surface area is 193 Å². The maximum absolute atomic E-state index is 11.8. The van der Waals surface area contributed by atoms with Gasteiger partial charge in [0.25, 0.3) is 0 Å². The van der Waals surface area contributed by atoms with Crippen LogP contribution in [0.15, 0.2) is 24.3 Å². The van der Waals surface area contributed by atoms with Crippen LogP contribution in [0.1, 0.15) is 33.5 Å². The average molecular weight is 454 g/mol. The number of hydrogen-bond donors (Lipinski definition) is 3. The molecule has 3 N–H and O–H groups in total. The standard InChI is InChI=1S/C23H31N7O3/c1-6-24-22(31)25-16-9-7-15(8-10-16)18-27-19-17(26-21(29(19)5)23(3,4)32)20(28-18)30-11-12-33-13-14(30)2/h7-10,14,32H,6,11-13H2,1-5H3,(H2,24,25,31)/t14-/m0/s1. The molecule has 0 aliphatic carbocycles. The van der Waals surface area contributed by atoms with Crippen LogP contribution in [0.5, 0.6) is 0 Å². The van der Waals surface area contributed by atoms with Crippen molar-refractivity contribution >= 4 is 28.7 Å². The zero-order chi connectivity index (χ0) is 23.8. The van der Waals surface area contributed by atoms with Gasteiger partial charge in [0.2, 0.25) is 0 Å². The second-order valence-corrected chi connectivity index (χ2v) is 8.78. The number of rotatable bonds is 5. The van der Waals surface area contributed by atoms with Gasteiger partial charge in [-0.05, 0) is 52.0 Å². The van der Waals surface area contributed by atoms with Crippen LogP contribution in [0.4, 0.5) is 16.3 Å². The molecule has 0 saturated carbocycles. The van der Waals surface area contributed by atoms with Gasteiger partial charge in [0.1, 0.15) is 11.4 Å². The highest BCUT2D eigenvalue weighted by Crippen LogP contribution is 2.32. The predicted molar refractivity (Wildman–Crippen MR) is 127 cm³/mol. The van der Waals surface area contributed by atoms with E-state index in [1.807, 2.05) is 42.8 Å². The molecule has 0 unspecified atom stereocenters. The van der Waals surface area contributed by atoms with Crippen molar-refractivity contribution < 1.29 is 14.6 Å². The van der Waals surface area contributed by atoms with E-state index in [2.05, 4.69) is 22.5 Å². The highest BCUT2D eigenvalue weighted by molar-refractivity contribution is 5.90.